The van der Waals surface area contributed by atoms with Crippen molar-refractivity contribution in [2.45, 2.75) is 57.9 Å². The Balaban J connectivity index is 2.31. The molecule has 0 aromatic heterocycles. The summed E-state index contributed by atoms with van der Waals surface area (Å²) in [6, 6.07) is 0. The van der Waals surface area contributed by atoms with Crippen LogP contribution in [0.2, 0.25) is 0 Å². The number of carbonyl (C=O) groups excluding carboxylic acids is 2. The van der Waals surface area contributed by atoms with Crippen LogP contribution < -0.4 is 5.73 Å². The second-order valence-corrected chi connectivity index (χ2v) is 6.09. The van der Waals surface area contributed by atoms with E-state index in [2.05, 4.69) is 6.92 Å². The maximum Gasteiger partial charge on any atom is 0.230 e. The van der Waals surface area contributed by atoms with Crippen LogP contribution in [0.3, 0.4) is 0 Å². The number of imide groups is 1. The number of amides is 2. The van der Waals surface area contributed by atoms with Crippen LogP contribution in [0.4, 0.5) is 0 Å². The Labute approximate surface area is 109 Å². The zero-order chi connectivity index (χ0) is 13.3. The molecule has 0 aromatic rings. The second-order valence-electron chi connectivity index (χ2n) is 6.09. The first-order chi connectivity index (χ1) is 8.51. The molecule has 18 heavy (non-hydrogen) atoms. The Bertz CT molecular complexity index is 338. The summed E-state index contributed by atoms with van der Waals surface area (Å²) >= 11 is 0. The second kappa shape index (κ2) is 5.00. The molecular formula is C14H24N2O2. The fourth-order valence-corrected chi connectivity index (χ4v) is 3.61. The van der Waals surface area contributed by atoms with Gasteiger partial charge in [0.05, 0.1) is 5.54 Å². The van der Waals surface area contributed by atoms with Crippen molar-refractivity contribution < 1.29 is 9.59 Å². The number of likely N-dealkylation sites (tertiary alicyclic amines) is 1. The first-order valence-electron chi connectivity index (χ1n) is 7.07. The van der Waals surface area contributed by atoms with Gasteiger partial charge in [0, 0.05) is 19.4 Å². The standard InChI is InChI=1S/C14H24N2O2/c1-10-7-12(17)16(13(18)8-10)14(9-15)6-4-3-5-11(14)2/h10-11H,3-9,15H2,1-2H3. The SMILES string of the molecule is CC1CC(=O)N(C2(CN)CCCCC2C)C(=O)C1. The summed E-state index contributed by atoms with van der Waals surface area (Å²) in [5, 5.41) is 0. The molecule has 1 saturated carbocycles. The minimum absolute atomic E-state index is 0.0158. The third kappa shape index (κ3) is 2.07. The van der Waals surface area contributed by atoms with Crippen molar-refractivity contribution in [2.75, 3.05) is 6.54 Å². The molecule has 2 unspecified atom stereocenters. The first kappa shape index (κ1) is 13.5. The van der Waals surface area contributed by atoms with Crippen LogP contribution in [-0.2, 0) is 9.59 Å². The lowest BCUT2D eigenvalue weighted by atomic mass is 9.71. The van der Waals surface area contributed by atoms with Crippen molar-refractivity contribution in [1.82, 2.24) is 4.90 Å². The number of carbonyl (C=O) groups is 2. The lowest BCUT2D eigenvalue weighted by Crippen LogP contribution is -2.64. The minimum atomic E-state index is -0.410. The van der Waals surface area contributed by atoms with Crippen molar-refractivity contribution in [2.24, 2.45) is 17.6 Å². The van der Waals surface area contributed by atoms with Crippen LogP contribution in [-0.4, -0.2) is 28.8 Å². The lowest BCUT2D eigenvalue weighted by molar-refractivity contribution is -0.161. The van der Waals surface area contributed by atoms with E-state index in [-0.39, 0.29) is 17.7 Å². The predicted octanol–water partition coefficient (Wildman–Crippen LogP) is 1.68. The van der Waals surface area contributed by atoms with E-state index in [1.54, 1.807) is 0 Å². The van der Waals surface area contributed by atoms with Crippen molar-refractivity contribution >= 4 is 11.8 Å². The van der Waals surface area contributed by atoms with E-state index >= 15 is 0 Å². The molecule has 2 atom stereocenters. The van der Waals surface area contributed by atoms with Gasteiger partial charge in [-0.2, -0.15) is 0 Å². The molecule has 0 radical (unpaired) electrons. The van der Waals surface area contributed by atoms with Gasteiger partial charge < -0.3 is 5.73 Å². The molecule has 4 heteroatoms. The summed E-state index contributed by atoms with van der Waals surface area (Å²) < 4.78 is 0. The van der Waals surface area contributed by atoms with E-state index in [0.29, 0.717) is 25.3 Å². The van der Waals surface area contributed by atoms with Crippen molar-refractivity contribution in [1.29, 1.82) is 0 Å². The Morgan fingerprint density at radius 1 is 1.22 bits per heavy atom. The number of nitrogens with zero attached hydrogens (tertiary/aromatic N) is 1. The van der Waals surface area contributed by atoms with Gasteiger partial charge in [-0.15, -0.1) is 0 Å². The van der Waals surface area contributed by atoms with Gasteiger partial charge in [0.15, 0.2) is 0 Å². The molecule has 1 heterocycles. The van der Waals surface area contributed by atoms with Crippen LogP contribution in [0, 0.1) is 11.8 Å². The molecule has 2 amide bonds. The molecular weight excluding hydrogens is 228 g/mol. The molecule has 2 aliphatic rings. The van der Waals surface area contributed by atoms with Gasteiger partial charge in [-0.3, -0.25) is 14.5 Å². The topological polar surface area (TPSA) is 63.4 Å². The summed E-state index contributed by atoms with van der Waals surface area (Å²) in [5.41, 5.74) is 5.56. The highest BCUT2D eigenvalue weighted by Crippen LogP contribution is 2.40. The maximum absolute atomic E-state index is 12.3. The average molecular weight is 252 g/mol. The Morgan fingerprint density at radius 3 is 2.33 bits per heavy atom. The van der Waals surface area contributed by atoms with Crippen LogP contribution in [0.5, 0.6) is 0 Å². The number of hydrogen-bond donors (Lipinski definition) is 1. The average Bonchev–Trinajstić information content (AvgIpc) is 2.30. The molecule has 0 aromatic carbocycles. The fraction of sp³-hybridized carbons (Fsp3) is 0.857. The van der Waals surface area contributed by atoms with Crippen molar-refractivity contribution in [3.63, 3.8) is 0 Å². The van der Waals surface area contributed by atoms with Gasteiger partial charge in [0.2, 0.25) is 11.8 Å². The number of hydrogen-bond acceptors (Lipinski definition) is 3. The molecule has 1 saturated heterocycles. The van der Waals surface area contributed by atoms with E-state index in [4.69, 9.17) is 5.73 Å². The molecule has 4 nitrogen and oxygen atoms in total. The van der Waals surface area contributed by atoms with Crippen LogP contribution >= 0.6 is 0 Å². The van der Waals surface area contributed by atoms with Crippen LogP contribution in [0.15, 0.2) is 0 Å². The summed E-state index contributed by atoms with van der Waals surface area (Å²) in [6.45, 7) is 4.50. The fourth-order valence-electron chi connectivity index (χ4n) is 3.61. The number of nitrogens with two attached hydrogens (primary N) is 1. The van der Waals surface area contributed by atoms with Crippen LogP contribution in [0.1, 0.15) is 52.4 Å². The van der Waals surface area contributed by atoms with Gasteiger partial charge in [-0.1, -0.05) is 26.7 Å². The van der Waals surface area contributed by atoms with Gasteiger partial charge in [0.1, 0.15) is 0 Å². The van der Waals surface area contributed by atoms with Crippen molar-refractivity contribution in [3.05, 3.63) is 0 Å². The molecule has 1 aliphatic carbocycles. The zero-order valence-corrected chi connectivity index (χ0v) is 11.4. The molecule has 102 valence electrons. The summed E-state index contributed by atoms with van der Waals surface area (Å²) in [7, 11) is 0. The largest absolute Gasteiger partial charge is 0.328 e. The third-order valence-electron chi connectivity index (χ3n) is 4.76. The molecule has 1 aliphatic heterocycles. The highest BCUT2D eigenvalue weighted by molar-refractivity contribution is 5.98. The van der Waals surface area contributed by atoms with E-state index in [9.17, 15) is 9.59 Å². The van der Waals surface area contributed by atoms with E-state index < -0.39 is 5.54 Å². The van der Waals surface area contributed by atoms with Gasteiger partial charge in [0.25, 0.3) is 0 Å². The normalized spacial score (nSPS) is 35.1. The zero-order valence-electron chi connectivity index (χ0n) is 11.4. The van der Waals surface area contributed by atoms with Gasteiger partial charge in [-0.25, -0.2) is 0 Å². The predicted molar refractivity (Wildman–Crippen MR) is 69.7 cm³/mol. The molecule has 2 fully saturated rings. The third-order valence-corrected chi connectivity index (χ3v) is 4.76. The Hall–Kier alpha value is -0.900. The molecule has 2 N–H and O–H groups in total. The monoisotopic (exact) mass is 252 g/mol. The van der Waals surface area contributed by atoms with Crippen LogP contribution in [0.25, 0.3) is 0 Å². The lowest BCUT2D eigenvalue weighted by Gasteiger charge is -2.50. The minimum Gasteiger partial charge on any atom is -0.328 e. The summed E-state index contributed by atoms with van der Waals surface area (Å²) in [4.78, 5) is 26.1. The number of piperidine rings is 1. The quantitative estimate of drug-likeness (QED) is 0.760. The maximum atomic E-state index is 12.3. The Kier molecular flexibility index (Phi) is 3.76. The Morgan fingerprint density at radius 2 is 1.83 bits per heavy atom. The van der Waals surface area contributed by atoms with E-state index in [1.807, 2.05) is 6.92 Å². The molecule has 2 rings (SSSR count). The van der Waals surface area contributed by atoms with E-state index in [1.165, 1.54) is 11.3 Å². The highest BCUT2D eigenvalue weighted by atomic mass is 16.2. The molecule has 0 spiro atoms. The van der Waals surface area contributed by atoms with Gasteiger partial charge in [-0.05, 0) is 24.7 Å². The van der Waals surface area contributed by atoms with E-state index in [0.717, 1.165) is 19.3 Å². The summed E-state index contributed by atoms with van der Waals surface area (Å²) in [6.07, 6.45) is 5.14. The smallest absolute Gasteiger partial charge is 0.230 e. The highest BCUT2D eigenvalue weighted by Gasteiger charge is 2.49. The summed E-state index contributed by atoms with van der Waals surface area (Å²) in [5.74, 6) is 0.462. The van der Waals surface area contributed by atoms with Crippen molar-refractivity contribution in [3.8, 4) is 0 Å². The molecule has 0 bridgehead atoms. The van der Waals surface area contributed by atoms with Gasteiger partial charge >= 0.3 is 0 Å². The first-order valence-corrected chi connectivity index (χ1v) is 7.07. The number of rotatable bonds is 2.